The van der Waals surface area contributed by atoms with Crippen molar-refractivity contribution in [2.45, 2.75) is 37.6 Å². The van der Waals surface area contributed by atoms with E-state index in [9.17, 15) is 18.0 Å². The number of aryl methyl sites for hydroxylation is 2. The van der Waals surface area contributed by atoms with Crippen LogP contribution in [0.4, 0.5) is 5.69 Å². The van der Waals surface area contributed by atoms with Crippen molar-refractivity contribution in [2.75, 3.05) is 31.1 Å². The van der Waals surface area contributed by atoms with Gasteiger partial charge in [-0.1, -0.05) is 23.7 Å². The van der Waals surface area contributed by atoms with Crippen LogP contribution in [0.1, 0.15) is 24.0 Å². The zero-order chi connectivity index (χ0) is 23.0. The SMILES string of the molecule is Cc1ccc(S(=O)(=O)N2C(=O)CC[C@@H]2C(=O)N2CCN(c3cccc(Cl)c3)CC2)cc1C. The molecule has 2 aliphatic heterocycles. The molecule has 0 spiro atoms. The number of hydrogen-bond donors (Lipinski definition) is 0. The number of halogens is 1. The molecule has 2 aromatic carbocycles. The Morgan fingerprint density at radius 3 is 2.38 bits per heavy atom. The van der Waals surface area contributed by atoms with Crippen molar-refractivity contribution < 1.29 is 18.0 Å². The highest BCUT2D eigenvalue weighted by Gasteiger charge is 2.46. The van der Waals surface area contributed by atoms with Crippen molar-refractivity contribution in [2.24, 2.45) is 0 Å². The summed E-state index contributed by atoms with van der Waals surface area (Å²) in [5.74, 6) is -0.840. The number of benzene rings is 2. The van der Waals surface area contributed by atoms with Crippen LogP contribution >= 0.6 is 11.6 Å². The van der Waals surface area contributed by atoms with Gasteiger partial charge in [-0.05, 0) is 61.7 Å². The monoisotopic (exact) mass is 475 g/mol. The van der Waals surface area contributed by atoms with E-state index in [0.29, 0.717) is 31.2 Å². The van der Waals surface area contributed by atoms with Gasteiger partial charge in [0.25, 0.3) is 10.0 Å². The Hall–Kier alpha value is -2.58. The fourth-order valence-electron chi connectivity index (χ4n) is 4.24. The number of amides is 2. The van der Waals surface area contributed by atoms with Crippen LogP contribution in [0.3, 0.4) is 0 Å². The average molecular weight is 476 g/mol. The second kappa shape index (κ2) is 8.75. The summed E-state index contributed by atoms with van der Waals surface area (Å²) in [6, 6.07) is 11.3. The zero-order valence-electron chi connectivity index (χ0n) is 18.1. The van der Waals surface area contributed by atoms with Crippen LogP contribution in [0, 0.1) is 13.8 Å². The maximum Gasteiger partial charge on any atom is 0.267 e. The summed E-state index contributed by atoms with van der Waals surface area (Å²) < 4.78 is 27.4. The third kappa shape index (κ3) is 4.21. The molecule has 4 rings (SSSR count). The lowest BCUT2D eigenvalue weighted by molar-refractivity contribution is -0.138. The molecule has 2 saturated heterocycles. The first-order valence-electron chi connectivity index (χ1n) is 10.6. The van der Waals surface area contributed by atoms with E-state index in [1.54, 1.807) is 17.0 Å². The molecule has 2 amide bonds. The van der Waals surface area contributed by atoms with E-state index < -0.39 is 22.0 Å². The number of carbonyl (C=O) groups is 2. The molecule has 0 radical (unpaired) electrons. The standard InChI is InChI=1S/C23H26ClN3O4S/c1-16-6-7-20(14-17(16)2)32(30,31)27-21(8-9-22(27)28)23(29)26-12-10-25(11-13-26)19-5-3-4-18(24)15-19/h3-7,14-15,21H,8-13H2,1-2H3/t21-/m1/s1. The van der Waals surface area contributed by atoms with Gasteiger partial charge in [0.2, 0.25) is 11.8 Å². The largest absolute Gasteiger partial charge is 0.368 e. The Morgan fingerprint density at radius 1 is 1.00 bits per heavy atom. The maximum atomic E-state index is 13.3. The van der Waals surface area contributed by atoms with Crippen molar-refractivity contribution >= 4 is 39.1 Å². The molecule has 0 saturated carbocycles. The summed E-state index contributed by atoms with van der Waals surface area (Å²) in [6.07, 6.45) is 0.249. The number of hydrogen-bond acceptors (Lipinski definition) is 5. The summed E-state index contributed by atoms with van der Waals surface area (Å²) in [6.45, 7) is 5.83. The first-order chi connectivity index (χ1) is 15.2. The number of rotatable bonds is 4. The molecule has 2 aromatic rings. The van der Waals surface area contributed by atoms with E-state index in [2.05, 4.69) is 4.90 Å². The molecule has 7 nitrogen and oxygen atoms in total. The third-order valence-electron chi connectivity index (χ3n) is 6.25. The highest BCUT2D eigenvalue weighted by molar-refractivity contribution is 7.89. The molecule has 0 aliphatic carbocycles. The molecule has 0 bridgehead atoms. The minimum atomic E-state index is -4.11. The molecule has 170 valence electrons. The lowest BCUT2D eigenvalue weighted by Crippen LogP contribution is -2.55. The van der Waals surface area contributed by atoms with E-state index in [1.807, 2.05) is 38.1 Å². The van der Waals surface area contributed by atoms with Crippen LogP contribution in [-0.2, 0) is 19.6 Å². The molecule has 2 aliphatic rings. The number of carbonyl (C=O) groups excluding carboxylic acids is 2. The van der Waals surface area contributed by atoms with Gasteiger partial charge in [0.05, 0.1) is 4.90 Å². The molecule has 1 atom stereocenters. The molecule has 2 heterocycles. The van der Waals surface area contributed by atoms with E-state index in [1.165, 1.54) is 6.07 Å². The molecule has 0 aromatic heterocycles. The second-order valence-corrected chi connectivity index (χ2v) is 10.5. The predicted octanol–water partition coefficient (Wildman–Crippen LogP) is 2.99. The van der Waals surface area contributed by atoms with Crippen molar-refractivity contribution in [3.8, 4) is 0 Å². The van der Waals surface area contributed by atoms with Crippen molar-refractivity contribution in [1.82, 2.24) is 9.21 Å². The second-order valence-electron chi connectivity index (χ2n) is 8.29. The van der Waals surface area contributed by atoms with Crippen LogP contribution in [0.2, 0.25) is 5.02 Å². The molecule has 0 unspecified atom stereocenters. The number of sulfonamides is 1. The Labute approximate surface area is 193 Å². The summed E-state index contributed by atoms with van der Waals surface area (Å²) >= 11 is 6.09. The smallest absolute Gasteiger partial charge is 0.267 e. The normalized spacial score (nSPS) is 19.5. The van der Waals surface area contributed by atoms with Gasteiger partial charge < -0.3 is 9.80 Å². The van der Waals surface area contributed by atoms with Gasteiger partial charge in [-0.2, -0.15) is 0 Å². The van der Waals surface area contributed by atoms with Crippen LogP contribution < -0.4 is 4.90 Å². The van der Waals surface area contributed by atoms with E-state index in [4.69, 9.17) is 11.6 Å². The van der Waals surface area contributed by atoms with Crippen molar-refractivity contribution in [3.63, 3.8) is 0 Å². The van der Waals surface area contributed by atoms with Crippen LogP contribution in [-0.4, -0.2) is 61.7 Å². The molecular formula is C23H26ClN3O4S. The number of piperazine rings is 1. The zero-order valence-corrected chi connectivity index (χ0v) is 19.7. The van der Waals surface area contributed by atoms with Gasteiger partial charge in [-0.3, -0.25) is 9.59 Å². The number of nitrogens with zero attached hydrogens (tertiary/aromatic N) is 3. The summed E-state index contributed by atoms with van der Waals surface area (Å²) in [5, 5.41) is 0.651. The predicted molar refractivity (Wildman–Crippen MR) is 123 cm³/mol. The summed E-state index contributed by atoms with van der Waals surface area (Å²) in [5.41, 5.74) is 2.76. The topological polar surface area (TPSA) is 78.0 Å². The molecular weight excluding hydrogens is 450 g/mol. The van der Waals surface area contributed by atoms with Crippen molar-refractivity contribution in [3.05, 3.63) is 58.6 Å². The van der Waals surface area contributed by atoms with E-state index in [-0.39, 0.29) is 23.6 Å². The quantitative estimate of drug-likeness (QED) is 0.679. The first kappa shape index (κ1) is 22.6. The van der Waals surface area contributed by atoms with E-state index >= 15 is 0 Å². The fraction of sp³-hybridized carbons (Fsp3) is 0.391. The summed E-state index contributed by atoms with van der Waals surface area (Å²) in [4.78, 5) is 29.7. The average Bonchev–Trinajstić information content (AvgIpc) is 3.17. The van der Waals surface area contributed by atoms with Crippen LogP contribution in [0.5, 0.6) is 0 Å². The van der Waals surface area contributed by atoms with Crippen LogP contribution in [0.15, 0.2) is 47.4 Å². The molecule has 2 fully saturated rings. The Morgan fingerprint density at radius 2 is 1.72 bits per heavy atom. The first-order valence-corrected chi connectivity index (χ1v) is 12.4. The van der Waals surface area contributed by atoms with Gasteiger partial charge in [0, 0.05) is 43.3 Å². The van der Waals surface area contributed by atoms with Gasteiger partial charge in [-0.25, -0.2) is 12.7 Å². The fourth-order valence-corrected chi connectivity index (χ4v) is 6.11. The molecule has 0 N–H and O–H groups in total. The van der Waals surface area contributed by atoms with E-state index in [0.717, 1.165) is 21.1 Å². The minimum Gasteiger partial charge on any atom is -0.368 e. The highest BCUT2D eigenvalue weighted by Crippen LogP contribution is 2.30. The molecule has 9 heteroatoms. The Kier molecular flexibility index (Phi) is 6.18. The Bertz CT molecular complexity index is 1160. The van der Waals surface area contributed by atoms with Crippen molar-refractivity contribution in [1.29, 1.82) is 0 Å². The van der Waals surface area contributed by atoms with Crippen LogP contribution in [0.25, 0.3) is 0 Å². The maximum absolute atomic E-state index is 13.3. The van der Waals surface area contributed by atoms with Gasteiger partial charge in [-0.15, -0.1) is 0 Å². The minimum absolute atomic E-state index is 0.0411. The van der Waals surface area contributed by atoms with Gasteiger partial charge in [0.15, 0.2) is 0 Å². The highest BCUT2D eigenvalue weighted by atomic mass is 35.5. The van der Waals surface area contributed by atoms with Gasteiger partial charge >= 0.3 is 0 Å². The molecule has 32 heavy (non-hydrogen) atoms. The lowest BCUT2D eigenvalue weighted by Gasteiger charge is -2.38. The Balaban J connectivity index is 1.51. The van der Waals surface area contributed by atoms with Gasteiger partial charge in [0.1, 0.15) is 6.04 Å². The third-order valence-corrected chi connectivity index (χ3v) is 8.31. The summed E-state index contributed by atoms with van der Waals surface area (Å²) in [7, 11) is -4.11. The lowest BCUT2D eigenvalue weighted by atomic mass is 10.1. The number of anilines is 1.